The van der Waals surface area contributed by atoms with Gasteiger partial charge in [-0.1, -0.05) is 11.6 Å². The van der Waals surface area contributed by atoms with Crippen LogP contribution in [0.2, 0.25) is 5.02 Å². The summed E-state index contributed by atoms with van der Waals surface area (Å²) in [5, 5.41) is 7.15. The van der Waals surface area contributed by atoms with Crippen LogP contribution in [0.3, 0.4) is 0 Å². The van der Waals surface area contributed by atoms with Gasteiger partial charge in [0, 0.05) is 31.9 Å². The molecule has 1 atom stereocenters. The number of nitrogens with one attached hydrogen (secondary N) is 1. The highest BCUT2D eigenvalue weighted by Gasteiger charge is 2.33. The Morgan fingerprint density at radius 1 is 1.30 bits per heavy atom. The molecule has 144 valence electrons. The molecule has 6 nitrogen and oxygen atoms in total. The number of hydrogen-bond donors (Lipinski definition) is 1. The van der Waals surface area contributed by atoms with Crippen molar-refractivity contribution in [1.82, 2.24) is 20.1 Å². The van der Waals surface area contributed by atoms with Crippen molar-refractivity contribution in [2.24, 2.45) is 0 Å². The number of halogens is 4. The Kier molecular flexibility index (Phi) is 4.49. The minimum Gasteiger partial charge on any atom is -0.353 e. The van der Waals surface area contributed by atoms with E-state index in [1.807, 2.05) is 4.68 Å². The number of aryl methyl sites for hydroxylation is 1. The second-order valence-corrected chi connectivity index (χ2v) is 7.17. The van der Waals surface area contributed by atoms with Crippen LogP contribution >= 0.6 is 11.6 Å². The molecule has 1 fully saturated rings. The van der Waals surface area contributed by atoms with E-state index in [9.17, 15) is 18.0 Å². The van der Waals surface area contributed by atoms with Crippen LogP contribution in [-0.4, -0.2) is 39.8 Å². The summed E-state index contributed by atoms with van der Waals surface area (Å²) in [5.41, 5.74) is 0.668. The zero-order chi connectivity index (χ0) is 19.2. The zero-order valence-electron chi connectivity index (χ0n) is 14.3. The first-order valence-corrected chi connectivity index (χ1v) is 9.04. The fourth-order valence-corrected chi connectivity index (χ4v) is 3.89. The zero-order valence-corrected chi connectivity index (χ0v) is 15.0. The highest BCUT2D eigenvalue weighted by Crippen LogP contribution is 2.34. The fourth-order valence-electron chi connectivity index (χ4n) is 3.61. The normalized spacial score (nSPS) is 19.4. The molecule has 0 aliphatic carbocycles. The molecule has 1 amide bonds. The second kappa shape index (κ2) is 6.70. The van der Waals surface area contributed by atoms with Gasteiger partial charge in [-0.05, 0) is 25.3 Å². The van der Waals surface area contributed by atoms with Crippen LogP contribution in [0, 0.1) is 0 Å². The van der Waals surface area contributed by atoms with E-state index in [1.54, 1.807) is 11.1 Å². The fraction of sp³-hybridized carbons (Fsp3) is 0.471. The number of anilines is 1. The van der Waals surface area contributed by atoms with Gasteiger partial charge in [-0.2, -0.15) is 18.3 Å². The number of rotatable bonds is 3. The van der Waals surface area contributed by atoms with Crippen molar-refractivity contribution in [3.8, 4) is 0 Å². The molecular weight excluding hydrogens is 383 g/mol. The van der Waals surface area contributed by atoms with E-state index in [1.165, 1.54) is 0 Å². The van der Waals surface area contributed by atoms with Crippen LogP contribution in [0.25, 0.3) is 0 Å². The van der Waals surface area contributed by atoms with Gasteiger partial charge < -0.3 is 10.2 Å². The Bertz CT molecular complexity index is 882. The molecule has 0 aromatic carbocycles. The summed E-state index contributed by atoms with van der Waals surface area (Å²) in [6.07, 6.45) is 0.369. The van der Waals surface area contributed by atoms with Gasteiger partial charge in [0.2, 0.25) is 0 Å². The number of amides is 1. The van der Waals surface area contributed by atoms with Crippen molar-refractivity contribution in [3.05, 3.63) is 40.3 Å². The maximum atomic E-state index is 12.7. The lowest BCUT2D eigenvalue weighted by molar-refractivity contribution is -0.137. The van der Waals surface area contributed by atoms with Crippen molar-refractivity contribution in [2.45, 2.75) is 38.0 Å². The van der Waals surface area contributed by atoms with Crippen LogP contribution in [0.15, 0.2) is 18.5 Å². The topological polar surface area (TPSA) is 63.1 Å². The number of aromatic nitrogens is 3. The number of pyridine rings is 1. The van der Waals surface area contributed by atoms with Gasteiger partial charge >= 0.3 is 6.18 Å². The molecular formula is C17H17ClF3N5O. The van der Waals surface area contributed by atoms with Gasteiger partial charge in [-0.3, -0.25) is 9.48 Å². The third-order valence-electron chi connectivity index (χ3n) is 4.95. The smallest absolute Gasteiger partial charge is 0.353 e. The number of carbonyl (C=O) groups is 1. The molecule has 27 heavy (non-hydrogen) atoms. The maximum Gasteiger partial charge on any atom is 0.417 e. The average molecular weight is 400 g/mol. The molecule has 0 unspecified atom stereocenters. The third kappa shape index (κ3) is 3.47. The molecule has 4 rings (SSSR count). The van der Waals surface area contributed by atoms with Crippen molar-refractivity contribution >= 4 is 23.3 Å². The van der Waals surface area contributed by atoms with E-state index >= 15 is 0 Å². The minimum absolute atomic E-state index is 0.0498. The molecule has 1 saturated heterocycles. The predicted octanol–water partition coefficient (Wildman–Crippen LogP) is 2.91. The highest BCUT2D eigenvalue weighted by molar-refractivity contribution is 6.33. The lowest BCUT2D eigenvalue weighted by atomic mass is 10.1. The van der Waals surface area contributed by atoms with E-state index in [0.717, 1.165) is 37.3 Å². The molecule has 0 bridgehead atoms. The van der Waals surface area contributed by atoms with E-state index in [2.05, 4.69) is 15.4 Å². The lowest BCUT2D eigenvalue weighted by Crippen LogP contribution is -2.37. The summed E-state index contributed by atoms with van der Waals surface area (Å²) in [5.74, 6) is 0.129. The lowest BCUT2D eigenvalue weighted by Gasteiger charge is -2.20. The van der Waals surface area contributed by atoms with Crippen molar-refractivity contribution in [3.63, 3.8) is 0 Å². The largest absolute Gasteiger partial charge is 0.417 e. The van der Waals surface area contributed by atoms with Gasteiger partial charge in [-0.15, -0.1) is 0 Å². The van der Waals surface area contributed by atoms with Gasteiger partial charge in [0.1, 0.15) is 5.82 Å². The molecule has 2 aromatic rings. The Morgan fingerprint density at radius 3 is 2.85 bits per heavy atom. The summed E-state index contributed by atoms with van der Waals surface area (Å²) in [7, 11) is 0. The SMILES string of the molecule is O=C(N[C@@H]1CCN(c2ncc(C(F)(F)F)cc2Cl)C1)c1cnn2c1CCC2. The average Bonchev–Trinajstić information content (AvgIpc) is 3.29. The number of fused-ring (bicyclic) bond motifs is 1. The Morgan fingerprint density at radius 2 is 2.11 bits per heavy atom. The highest BCUT2D eigenvalue weighted by atomic mass is 35.5. The second-order valence-electron chi connectivity index (χ2n) is 6.76. The number of hydrogen-bond acceptors (Lipinski definition) is 4. The first kappa shape index (κ1) is 18.1. The van der Waals surface area contributed by atoms with Crippen LogP contribution in [-0.2, 0) is 19.1 Å². The van der Waals surface area contributed by atoms with Gasteiger partial charge in [0.25, 0.3) is 5.91 Å². The standard InChI is InChI=1S/C17H17ClF3N5O/c18-13-6-10(17(19,20)21)7-22-15(13)25-5-3-11(9-25)24-16(27)12-8-23-26-4-1-2-14(12)26/h6-8,11H,1-5,9H2,(H,24,27)/t11-/m1/s1. The van der Waals surface area contributed by atoms with E-state index < -0.39 is 11.7 Å². The number of carbonyl (C=O) groups excluding carboxylic acids is 1. The quantitative estimate of drug-likeness (QED) is 0.862. The van der Waals surface area contributed by atoms with Gasteiger partial charge in [0.05, 0.1) is 28.0 Å². The molecule has 0 saturated carbocycles. The Hall–Kier alpha value is -2.29. The van der Waals surface area contributed by atoms with E-state index in [0.29, 0.717) is 30.9 Å². The predicted molar refractivity (Wildman–Crippen MR) is 92.9 cm³/mol. The third-order valence-corrected chi connectivity index (χ3v) is 5.23. The first-order valence-electron chi connectivity index (χ1n) is 8.66. The van der Waals surface area contributed by atoms with Crippen LogP contribution < -0.4 is 10.2 Å². The monoisotopic (exact) mass is 399 g/mol. The van der Waals surface area contributed by atoms with Crippen molar-refractivity contribution in [1.29, 1.82) is 0 Å². The van der Waals surface area contributed by atoms with Crippen molar-refractivity contribution < 1.29 is 18.0 Å². The van der Waals surface area contributed by atoms with Crippen LogP contribution in [0.5, 0.6) is 0 Å². The summed E-state index contributed by atoms with van der Waals surface area (Å²) in [6, 6.07) is 0.751. The molecule has 0 spiro atoms. The van der Waals surface area contributed by atoms with Crippen molar-refractivity contribution in [2.75, 3.05) is 18.0 Å². The molecule has 2 aliphatic heterocycles. The molecule has 10 heteroatoms. The van der Waals surface area contributed by atoms with E-state index in [-0.39, 0.29) is 17.0 Å². The Labute approximate surface area is 158 Å². The summed E-state index contributed by atoms with van der Waals surface area (Å²) < 4.78 is 40.1. The summed E-state index contributed by atoms with van der Waals surface area (Å²) >= 11 is 6.01. The van der Waals surface area contributed by atoms with Gasteiger partial charge in [0.15, 0.2) is 0 Å². The summed E-state index contributed by atoms with van der Waals surface area (Å²) in [6.45, 7) is 1.82. The summed E-state index contributed by atoms with van der Waals surface area (Å²) in [4.78, 5) is 18.2. The first-order chi connectivity index (χ1) is 12.8. The Balaban J connectivity index is 1.42. The molecule has 2 aliphatic rings. The maximum absolute atomic E-state index is 12.7. The molecule has 4 heterocycles. The molecule has 1 N–H and O–H groups in total. The minimum atomic E-state index is -4.48. The van der Waals surface area contributed by atoms with E-state index in [4.69, 9.17) is 11.6 Å². The van der Waals surface area contributed by atoms with Crippen LogP contribution in [0.4, 0.5) is 19.0 Å². The van der Waals surface area contributed by atoms with Gasteiger partial charge in [-0.25, -0.2) is 4.98 Å². The van der Waals surface area contributed by atoms with Crippen LogP contribution in [0.1, 0.15) is 34.5 Å². The molecule has 2 aromatic heterocycles. The number of alkyl halides is 3. The number of nitrogens with zero attached hydrogens (tertiary/aromatic N) is 4. The molecule has 0 radical (unpaired) electrons.